The maximum atomic E-state index is 12.2. The number of hydrogen-bond donors (Lipinski definition) is 2. The van der Waals surface area contributed by atoms with Gasteiger partial charge in [-0.15, -0.1) is 0 Å². The Morgan fingerprint density at radius 2 is 2.25 bits per heavy atom. The van der Waals surface area contributed by atoms with Crippen molar-refractivity contribution in [1.82, 2.24) is 10.3 Å². The van der Waals surface area contributed by atoms with Gasteiger partial charge < -0.3 is 15.0 Å². The lowest BCUT2D eigenvalue weighted by Crippen LogP contribution is -2.30. The van der Waals surface area contributed by atoms with Gasteiger partial charge >= 0.3 is 0 Å². The van der Waals surface area contributed by atoms with Gasteiger partial charge in [0.1, 0.15) is 5.56 Å². The minimum atomic E-state index is -0.399. The zero-order chi connectivity index (χ0) is 14.5. The number of nitrogens with one attached hydrogen (secondary N) is 2. The molecule has 0 radical (unpaired) electrons. The molecular weight excluding hydrogens is 280 g/mol. The van der Waals surface area contributed by atoms with E-state index in [4.69, 9.17) is 16.3 Å². The number of benzene rings is 1. The predicted molar refractivity (Wildman–Crippen MR) is 78.4 cm³/mol. The third kappa shape index (κ3) is 3.18. The lowest BCUT2D eigenvalue weighted by Gasteiger charge is -2.05. The average Bonchev–Trinajstić information content (AvgIpc) is 2.44. The molecule has 6 heteroatoms. The Morgan fingerprint density at radius 1 is 1.45 bits per heavy atom. The number of pyridine rings is 1. The third-order valence-corrected chi connectivity index (χ3v) is 3.13. The molecule has 106 valence electrons. The topological polar surface area (TPSA) is 71.2 Å². The Bertz CT molecular complexity index is 682. The number of halogens is 1. The van der Waals surface area contributed by atoms with Crippen molar-refractivity contribution in [2.45, 2.75) is 6.42 Å². The Hall–Kier alpha value is -1.85. The summed E-state index contributed by atoms with van der Waals surface area (Å²) in [5.74, 6) is -0.399. The van der Waals surface area contributed by atoms with E-state index in [1.54, 1.807) is 25.3 Å². The first-order valence-electron chi connectivity index (χ1n) is 6.21. The first kappa shape index (κ1) is 14.6. The molecule has 0 atom stereocenters. The van der Waals surface area contributed by atoms with Crippen LogP contribution in [0.4, 0.5) is 0 Å². The van der Waals surface area contributed by atoms with Gasteiger partial charge in [-0.2, -0.15) is 0 Å². The monoisotopic (exact) mass is 294 g/mol. The molecule has 1 heterocycles. The Morgan fingerprint density at radius 3 is 3.00 bits per heavy atom. The van der Waals surface area contributed by atoms with Crippen molar-refractivity contribution < 1.29 is 9.53 Å². The van der Waals surface area contributed by atoms with E-state index in [0.29, 0.717) is 35.5 Å². The number of amides is 1. The van der Waals surface area contributed by atoms with E-state index < -0.39 is 5.91 Å². The van der Waals surface area contributed by atoms with Gasteiger partial charge in [0.15, 0.2) is 0 Å². The van der Waals surface area contributed by atoms with E-state index in [2.05, 4.69) is 10.3 Å². The lowest BCUT2D eigenvalue weighted by atomic mass is 10.1. The van der Waals surface area contributed by atoms with Gasteiger partial charge in [0, 0.05) is 42.4 Å². The molecule has 0 aliphatic carbocycles. The van der Waals surface area contributed by atoms with Crippen LogP contribution >= 0.6 is 11.6 Å². The average molecular weight is 295 g/mol. The van der Waals surface area contributed by atoms with Gasteiger partial charge in [0.25, 0.3) is 5.91 Å². The summed E-state index contributed by atoms with van der Waals surface area (Å²) in [7, 11) is 1.60. The smallest absolute Gasteiger partial charge is 0.256 e. The van der Waals surface area contributed by atoms with Crippen LogP contribution in [0.2, 0.25) is 5.02 Å². The first-order valence-corrected chi connectivity index (χ1v) is 6.59. The highest BCUT2D eigenvalue weighted by atomic mass is 35.5. The predicted octanol–water partition coefficient (Wildman–Crippen LogP) is 1.95. The molecule has 0 spiro atoms. The zero-order valence-corrected chi connectivity index (χ0v) is 11.8. The fourth-order valence-electron chi connectivity index (χ4n) is 1.87. The number of H-pyrrole nitrogens is 1. The summed E-state index contributed by atoms with van der Waals surface area (Å²) < 4.78 is 4.89. The fraction of sp³-hybridized carbons (Fsp3) is 0.286. The molecular formula is C14H15ClN2O3. The molecule has 0 aliphatic heterocycles. The second kappa shape index (κ2) is 6.54. The number of rotatable bonds is 5. The first-order chi connectivity index (χ1) is 9.63. The number of aromatic amines is 1. The number of carbonyl (C=O) groups excluding carboxylic acids is 1. The van der Waals surface area contributed by atoms with Crippen molar-refractivity contribution in [2.75, 3.05) is 20.3 Å². The van der Waals surface area contributed by atoms with E-state index in [0.717, 1.165) is 0 Å². The summed E-state index contributed by atoms with van der Waals surface area (Å²) in [5, 5.41) is 3.55. The number of fused-ring (bicyclic) bond motifs is 1. The Balaban J connectivity index is 2.24. The summed E-state index contributed by atoms with van der Waals surface area (Å²) in [5.41, 5.74) is 0.401. The molecule has 0 unspecified atom stereocenters. The van der Waals surface area contributed by atoms with Gasteiger partial charge in [-0.1, -0.05) is 11.6 Å². The third-order valence-electron chi connectivity index (χ3n) is 2.90. The maximum absolute atomic E-state index is 12.2. The quantitative estimate of drug-likeness (QED) is 0.828. The number of ether oxygens (including phenoxy) is 1. The largest absolute Gasteiger partial charge is 0.385 e. The highest BCUT2D eigenvalue weighted by Crippen LogP contribution is 2.14. The minimum Gasteiger partial charge on any atom is -0.385 e. The summed E-state index contributed by atoms with van der Waals surface area (Å²) in [6.45, 7) is 1.02. The van der Waals surface area contributed by atoms with Crippen LogP contribution in [-0.4, -0.2) is 31.2 Å². The molecule has 1 aromatic heterocycles. The van der Waals surface area contributed by atoms with Gasteiger partial charge in [-0.25, -0.2) is 0 Å². The van der Waals surface area contributed by atoms with Crippen LogP contribution in [-0.2, 0) is 4.74 Å². The molecule has 0 saturated carbocycles. The van der Waals surface area contributed by atoms with Crippen molar-refractivity contribution in [1.29, 1.82) is 0 Å². The summed E-state index contributed by atoms with van der Waals surface area (Å²) in [6.07, 6.45) is 2.11. The van der Waals surface area contributed by atoms with Crippen molar-refractivity contribution >= 4 is 28.4 Å². The molecule has 1 aromatic carbocycles. The maximum Gasteiger partial charge on any atom is 0.256 e. The number of aromatic nitrogens is 1. The molecule has 0 bridgehead atoms. The molecule has 5 nitrogen and oxygen atoms in total. The van der Waals surface area contributed by atoms with E-state index in [-0.39, 0.29) is 11.0 Å². The van der Waals surface area contributed by atoms with Gasteiger partial charge in [-0.05, 0) is 24.6 Å². The van der Waals surface area contributed by atoms with Crippen molar-refractivity contribution in [2.24, 2.45) is 0 Å². The summed E-state index contributed by atoms with van der Waals surface area (Å²) in [6, 6.07) is 4.95. The van der Waals surface area contributed by atoms with Crippen LogP contribution in [0.3, 0.4) is 0 Å². The minimum absolute atomic E-state index is 0.0807. The van der Waals surface area contributed by atoms with E-state index in [1.165, 1.54) is 6.20 Å². The second-order valence-electron chi connectivity index (χ2n) is 4.32. The van der Waals surface area contributed by atoms with E-state index >= 15 is 0 Å². The van der Waals surface area contributed by atoms with Gasteiger partial charge in [-0.3, -0.25) is 9.59 Å². The highest BCUT2D eigenvalue weighted by molar-refractivity contribution is 6.31. The standard InChI is InChI=1S/C14H15ClN2O3/c1-20-6-2-5-16-14(19)11-8-17-12-4-3-9(15)7-10(12)13(11)18/h3-4,7-8H,2,5-6H2,1H3,(H,16,19)(H,17,18). The second-order valence-corrected chi connectivity index (χ2v) is 4.76. The number of carbonyl (C=O) groups is 1. The molecule has 20 heavy (non-hydrogen) atoms. The van der Waals surface area contributed by atoms with E-state index in [1.807, 2.05) is 0 Å². The van der Waals surface area contributed by atoms with Gasteiger partial charge in [0.05, 0.1) is 0 Å². The Kier molecular flexibility index (Phi) is 4.76. The number of hydrogen-bond acceptors (Lipinski definition) is 3. The van der Waals surface area contributed by atoms with Crippen LogP contribution in [0.15, 0.2) is 29.2 Å². The molecule has 2 aromatic rings. The lowest BCUT2D eigenvalue weighted by molar-refractivity contribution is 0.0947. The van der Waals surface area contributed by atoms with Gasteiger partial charge in [0.2, 0.25) is 5.43 Å². The molecule has 2 rings (SSSR count). The Labute approximate surface area is 120 Å². The number of methoxy groups -OCH3 is 1. The molecule has 2 N–H and O–H groups in total. The van der Waals surface area contributed by atoms with Crippen molar-refractivity contribution in [3.8, 4) is 0 Å². The van der Waals surface area contributed by atoms with Crippen LogP contribution in [0.25, 0.3) is 10.9 Å². The van der Waals surface area contributed by atoms with Crippen LogP contribution in [0, 0.1) is 0 Å². The van der Waals surface area contributed by atoms with Crippen LogP contribution < -0.4 is 10.7 Å². The molecule has 0 fully saturated rings. The molecule has 1 amide bonds. The van der Waals surface area contributed by atoms with Crippen molar-refractivity contribution in [3.63, 3.8) is 0 Å². The normalized spacial score (nSPS) is 10.7. The van der Waals surface area contributed by atoms with Crippen LogP contribution in [0.5, 0.6) is 0 Å². The highest BCUT2D eigenvalue weighted by Gasteiger charge is 2.12. The molecule has 0 saturated heterocycles. The van der Waals surface area contributed by atoms with Crippen molar-refractivity contribution in [3.05, 3.63) is 45.2 Å². The SMILES string of the molecule is COCCCNC(=O)c1c[nH]c2ccc(Cl)cc2c1=O. The van der Waals surface area contributed by atoms with Crippen LogP contribution in [0.1, 0.15) is 16.8 Å². The molecule has 0 aliphatic rings. The summed E-state index contributed by atoms with van der Waals surface area (Å²) in [4.78, 5) is 27.1. The summed E-state index contributed by atoms with van der Waals surface area (Å²) >= 11 is 5.87. The zero-order valence-electron chi connectivity index (χ0n) is 11.0. The van der Waals surface area contributed by atoms with E-state index in [9.17, 15) is 9.59 Å². The fourth-order valence-corrected chi connectivity index (χ4v) is 2.05.